The highest BCUT2D eigenvalue weighted by Crippen LogP contribution is 2.23. The van der Waals surface area contributed by atoms with Gasteiger partial charge in [-0.1, -0.05) is 0 Å². The molecule has 0 atom stereocenters. The van der Waals surface area contributed by atoms with Crippen molar-refractivity contribution in [3.8, 4) is 0 Å². The maximum Gasteiger partial charge on any atom is 0.311 e. The SMILES string of the molecule is COC(=O)CC(F)(F)CC(=O)NC(C)(C)COC(C)C. The van der Waals surface area contributed by atoms with E-state index >= 15 is 0 Å². The zero-order valence-electron chi connectivity index (χ0n) is 12.6. The maximum absolute atomic E-state index is 13.4. The number of esters is 1. The summed E-state index contributed by atoms with van der Waals surface area (Å²) in [6.07, 6.45) is -2.19. The predicted octanol–water partition coefficient (Wildman–Crippen LogP) is 1.89. The average molecular weight is 295 g/mol. The molecule has 0 aliphatic carbocycles. The fourth-order valence-electron chi connectivity index (χ4n) is 1.41. The Hall–Kier alpha value is -1.24. The molecule has 0 heterocycles. The fraction of sp³-hybridized carbons (Fsp3) is 0.846. The first-order chi connectivity index (χ1) is 8.97. The van der Waals surface area contributed by atoms with E-state index in [0.29, 0.717) is 0 Å². The van der Waals surface area contributed by atoms with Crippen LogP contribution in [0.15, 0.2) is 0 Å². The van der Waals surface area contributed by atoms with Crippen LogP contribution in [0, 0.1) is 0 Å². The van der Waals surface area contributed by atoms with Crippen molar-refractivity contribution in [3.05, 3.63) is 0 Å². The maximum atomic E-state index is 13.4. The third-order valence-corrected chi connectivity index (χ3v) is 2.31. The summed E-state index contributed by atoms with van der Waals surface area (Å²) in [7, 11) is 1.02. The Morgan fingerprint density at radius 2 is 1.75 bits per heavy atom. The summed E-state index contributed by atoms with van der Waals surface area (Å²) in [5, 5.41) is 2.46. The summed E-state index contributed by atoms with van der Waals surface area (Å²) >= 11 is 0. The summed E-state index contributed by atoms with van der Waals surface area (Å²) in [5.41, 5.74) is -0.761. The van der Waals surface area contributed by atoms with Gasteiger partial charge in [0.15, 0.2) is 0 Å². The zero-order chi connectivity index (χ0) is 16.0. The minimum Gasteiger partial charge on any atom is -0.469 e. The summed E-state index contributed by atoms with van der Waals surface area (Å²) in [6, 6.07) is 0. The Morgan fingerprint density at radius 1 is 1.20 bits per heavy atom. The van der Waals surface area contributed by atoms with E-state index in [1.807, 2.05) is 13.8 Å². The molecular formula is C13H23F2NO4. The number of carbonyl (C=O) groups is 2. The molecule has 0 aliphatic rings. The molecule has 7 heteroatoms. The van der Waals surface area contributed by atoms with E-state index in [9.17, 15) is 18.4 Å². The second-order valence-electron chi connectivity index (χ2n) is 5.58. The van der Waals surface area contributed by atoms with Crippen molar-refractivity contribution in [1.29, 1.82) is 0 Å². The molecule has 0 bridgehead atoms. The Bertz CT molecular complexity index is 343. The number of hydrogen-bond acceptors (Lipinski definition) is 4. The number of nitrogens with one attached hydrogen (secondary N) is 1. The molecule has 0 rings (SSSR count). The molecule has 1 amide bonds. The van der Waals surface area contributed by atoms with Crippen molar-refractivity contribution in [1.82, 2.24) is 5.32 Å². The zero-order valence-corrected chi connectivity index (χ0v) is 12.6. The predicted molar refractivity (Wildman–Crippen MR) is 69.5 cm³/mol. The van der Waals surface area contributed by atoms with E-state index in [1.54, 1.807) is 13.8 Å². The number of amides is 1. The van der Waals surface area contributed by atoms with Gasteiger partial charge in [0, 0.05) is 0 Å². The van der Waals surface area contributed by atoms with E-state index in [-0.39, 0.29) is 12.7 Å². The highest BCUT2D eigenvalue weighted by molar-refractivity contribution is 5.79. The van der Waals surface area contributed by atoms with Crippen LogP contribution in [-0.4, -0.2) is 43.2 Å². The van der Waals surface area contributed by atoms with Crippen LogP contribution in [0.2, 0.25) is 0 Å². The topological polar surface area (TPSA) is 64.6 Å². The Morgan fingerprint density at radius 3 is 2.20 bits per heavy atom. The van der Waals surface area contributed by atoms with Crippen molar-refractivity contribution >= 4 is 11.9 Å². The molecule has 0 saturated heterocycles. The molecular weight excluding hydrogens is 272 g/mol. The van der Waals surface area contributed by atoms with Crippen LogP contribution in [0.25, 0.3) is 0 Å². The first-order valence-electron chi connectivity index (χ1n) is 6.35. The second-order valence-corrected chi connectivity index (χ2v) is 5.58. The number of halogens is 2. The molecule has 0 radical (unpaired) electrons. The highest BCUT2D eigenvalue weighted by Gasteiger charge is 2.37. The quantitative estimate of drug-likeness (QED) is 0.695. The monoisotopic (exact) mass is 295 g/mol. The lowest BCUT2D eigenvalue weighted by Crippen LogP contribution is -2.48. The fourth-order valence-corrected chi connectivity index (χ4v) is 1.41. The lowest BCUT2D eigenvalue weighted by atomic mass is 10.1. The lowest BCUT2D eigenvalue weighted by Gasteiger charge is -2.28. The third kappa shape index (κ3) is 8.79. The van der Waals surface area contributed by atoms with Crippen molar-refractivity contribution in [3.63, 3.8) is 0 Å². The number of carbonyl (C=O) groups excluding carboxylic acids is 2. The normalized spacial score (nSPS) is 12.4. The molecule has 0 aromatic heterocycles. The van der Waals surface area contributed by atoms with Gasteiger partial charge in [-0.25, -0.2) is 8.78 Å². The summed E-state index contributed by atoms with van der Waals surface area (Å²) in [6.45, 7) is 7.22. The standard InChI is InChI=1S/C13H23F2NO4/c1-9(2)20-8-12(3,4)16-10(17)6-13(14,15)7-11(18)19-5/h9H,6-8H2,1-5H3,(H,16,17). The average Bonchev–Trinajstić information content (AvgIpc) is 2.23. The van der Waals surface area contributed by atoms with Crippen LogP contribution >= 0.6 is 0 Å². The third-order valence-electron chi connectivity index (χ3n) is 2.31. The molecule has 0 unspecified atom stereocenters. The lowest BCUT2D eigenvalue weighted by molar-refractivity contribution is -0.150. The van der Waals surface area contributed by atoms with E-state index in [4.69, 9.17) is 4.74 Å². The summed E-state index contributed by atoms with van der Waals surface area (Å²) < 4.78 is 36.3. The Kier molecular flexibility index (Phi) is 7.05. The number of alkyl halides is 2. The second kappa shape index (κ2) is 7.52. The first kappa shape index (κ1) is 18.8. The molecule has 0 aromatic rings. The molecule has 0 saturated carbocycles. The van der Waals surface area contributed by atoms with Crippen molar-refractivity contribution in [2.24, 2.45) is 0 Å². The Labute approximate surface area is 118 Å². The van der Waals surface area contributed by atoms with Crippen LogP contribution in [0.4, 0.5) is 8.78 Å². The van der Waals surface area contributed by atoms with Crippen LogP contribution in [0.1, 0.15) is 40.5 Å². The molecule has 0 fully saturated rings. The largest absolute Gasteiger partial charge is 0.469 e. The molecule has 0 aliphatic heterocycles. The van der Waals surface area contributed by atoms with E-state index < -0.39 is 36.2 Å². The van der Waals surface area contributed by atoms with Gasteiger partial charge in [0.05, 0.1) is 31.8 Å². The van der Waals surface area contributed by atoms with Crippen LogP contribution < -0.4 is 5.32 Å². The van der Waals surface area contributed by atoms with Gasteiger partial charge < -0.3 is 14.8 Å². The van der Waals surface area contributed by atoms with Gasteiger partial charge in [-0.2, -0.15) is 0 Å². The molecule has 0 aromatic carbocycles. The smallest absolute Gasteiger partial charge is 0.311 e. The van der Waals surface area contributed by atoms with Crippen molar-refractivity contribution in [2.45, 2.75) is 58.1 Å². The molecule has 5 nitrogen and oxygen atoms in total. The van der Waals surface area contributed by atoms with Crippen molar-refractivity contribution < 1.29 is 27.8 Å². The highest BCUT2D eigenvalue weighted by atomic mass is 19.3. The minimum atomic E-state index is -3.42. The summed E-state index contributed by atoms with van der Waals surface area (Å²) in [4.78, 5) is 22.4. The molecule has 1 N–H and O–H groups in total. The van der Waals surface area contributed by atoms with Gasteiger partial charge in [-0.05, 0) is 27.7 Å². The van der Waals surface area contributed by atoms with Crippen molar-refractivity contribution in [2.75, 3.05) is 13.7 Å². The van der Waals surface area contributed by atoms with E-state index in [2.05, 4.69) is 10.1 Å². The molecule has 118 valence electrons. The summed E-state index contributed by atoms with van der Waals surface area (Å²) in [5.74, 6) is -5.31. The number of rotatable bonds is 8. The van der Waals surface area contributed by atoms with Gasteiger partial charge in [-0.3, -0.25) is 9.59 Å². The van der Waals surface area contributed by atoms with Crippen LogP contribution in [0.5, 0.6) is 0 Å². The van der Waals surface area contributed by atoms with E-state index in [1.165, 1.54) is 0 Å². The number of ether oxygens (including phenoxy) is 2. The molecule has 0 spiro atoms. The first-order valence-corrected chi connectivity index (χ1v) is 6.35. The minimum absolute atomic E-state index is 0.0213. The van der Waals surface area contributed by atoms with Crippen LogP contribution in [0.3, 0.4) is 0 Å². The van der Waals surface area contributed by atoms with Gasteiger partial charge in [-0.15, -0.1) is 0 Å². The van der Waals surface area contributed by atoms with Gasteiger partial charge in [0.1, 0.15) is 6.42 Å². The number of hydrogen-bond donors (Lipinski definition) is 1. The van der Waals surface area contributed by atoms with Gasteiger partial charge in [0.2, 0.25) is 5.91 Å². The molecule has 20 heavy (non-hydrogen) atoms. The van der Waals surface area contributed by atoms with Gasteiger partial charge >= 0.3 is 5.97 Å². The number of methoxy groups -OCH3 is 1. The van der Waals surface area contributed by atoms with Crippen LogP contribution in [-0.2, 0) is 19.1 Å². The van der Waals surface area contributed by atoms with E-state index in [0.717, 1.165) is 7.11 Å². The van der Waals surface area contributed by atoms with Gasteiger partial charge in [0.25, 0.3) is 5.92 Å². The Balaban J connectivity index is 4.36.